The van der Waals surface area contributed by atoms with E-state index < -0.39 is 11.6 Å². The molecule has 0 aromatic carbocycles. The van der Waals surface area contributed by atoms with Gasteiger partial charge >= 0.3 is 6.03 Å². The molecule has 3 heterocycles. The van der Waals surface area contributed by atoms with Crippen molar-refractivity contribution >= 4 is 17.8 Å². The van der Waals surface area contributed by atoms with E-state index in [0.717, 1.165) is 37.0 Å². The minimum absolute atomic E-state index is 0.153. The lowest BCUT2D eigenvalue weighted by Gasteiger charge is -2.31. The molecule has 0 aromatic heterocycles. The van der Waals surface area contributed by atoms with Gasteiger partial charge in [0.2, 0.25) is 5.91 Å². The fourth-order valence-electron chi connectivity index (χ4n) is 4.91. The normalized spacial score (nSPS) is 34.5. The van der Waals surface area contributed by atoms with Crippen molar-refractivity contribution in [2.45, 2.75) is 81.5 Å². The molecule has 2 bridgehead atoms. The van der Waals surface area contributed by atoms with Crippen molar-refractivity contribution in [2.24, 2.45) is 0 Å². The number of imide groups is 1. The third kappa shape index (κ3) is 2.79. The standard InChI is InChI=1S/C17H26N4O3/c22-14(19-13-8-11-4-5-12(9-13)18-11)10-21-15(23)17(20-16(21)24)6-2-1-3-7-17/h11-13,18H,1-10H2,(H,19,22)(H,20,24). The van der Waals surface area contributed by atoms with Gasteiger partial charge in [0, 0.05) is 18.1 Å². The molecule has 132 valence electrons. The van der Waals surface area contributed by atoms with E-state index in [4.69, 9.17) is 0 Å². The Morgan fingerprint density at radius 2 is 1.79 bits per heavy atom. The van der Waals surface area contributed by atoms with Crippen LogP contribution in [0.15, 0.2) is 0 Å². The molecule has 4 rings (SSSR count). The molecule has 0 aromatic rings. The Balaban J connectivity index is 1.35. The van der Waals surface area contributed by atoms with Crippen LogP contribution < -0.4 is 16.0 Å². The quantitative estimate of drug-likeness (QED) is 0.661. The van der Waals surface area contributed by atoms with E-state index in [9.17, 15) is 14.4 Å². The lowest BCUT2D eigenvalue weighted by molar-refractivity contribution is -0.136. The molecule has 0 radical (unpaired) electrons. The van der Waals surface area contributed by atoms with E-state index in [1.54, 1.807) is 0 Å². The molecule has 2 atom stereocenters. The van der Waals surface area contributed by atoms with Crippen molar-refractivity contribution in [1.82, 2.24) is 20.9 Å². The van der Waals surface area contributed by atoms with E-state index in [1.807, 2.05) is 0 Å². The first kappa shape index (κ1) is 15.9. The second-order valence-electron chi connectivity index (χ2n) is 7.84. The van der Waals surface area contributed by atoms with Crippen LogP contribution in [0.3, 0.4) is 0 Å². The molecule has 3 N–H and O–H groups in total. The number of rotatable bonds is 3. The molecule has 7 heteroatoms. The topological polar surface area (TPSA) is 90.5 Å². The number of carbonyl (C=O) groups is 3. The van der Waals surface area contributed by atoms with Crippen LogP contribution in [-0.4, -0.2) is 53.0 Å². The Morgan fingerprint density at radius 1 is 1.12 bits per heavy atom. The summed E-state index contributed by atoms with van der Waals surface area (Å²) in [5.41, 5.74) is -0.747. The second kappa shape index (κ2) is 6.02. The van der Waals surface area contributed by atoms with Crippen LogP contribution in [0.5, 0.6) is 0 Å². The lowest BCUT2D eigenvalue weighted by atomic mass is 9.82. The van der Waals surface area contributed by atoms with Crippen LogP contribution in [0.2, 0.25) is 0 Å². The summed E-state index contributed by atoms with van der Waals surface area (Å²) in [6.07, 6.45) is 8.59. The van der Waals surface area contributed by atoms with Gasteiger partial charge in [-0.05, 0) is 38.5 Å². The summed E-state index contributed by atoms with van der Waals surface area (Å²) in [5.74, 6) is -0.439. The molecule has 4 fully saturated rings. The SMILES string of the molecule is O=C(CN1C(=O)NC2(CCCCC2)C1=O)NC1CC2CCC(C1)N2. The van der Waals surface area contributed by atoms with Crippen LogP contribution in [-0.2, 0) is 9.59 Å². The van der Waals surface area contributed by atoms with E-state index in [-0.39, 0.29) is 24.4 Å². The number of nitrogens with zero attached hydrogens (tertiary/aromatic N) is 1. The van der Waals surface area contributed by atoms with Gasteiger partial charge < -0.3 is 16.0 Å². The molecule has 7 nitrogen and oxygen atoms in total. The maximum Gasteiger partial charge on any atom is 0.325 e. The van der Waals surface area contributed by atoms with Crippen LogP contribution in [0, 0.1) is 0 Å². The third-order valence-corrected chi connectivity index (χ3v) is 6.09. The van der Waals surface area contributed by atoms with Gasteiger partial charge in [0.15, 0.2) is 0 Å². The van der Waals surface area contributed by atoms with Gasteiger partial charge in [-0.25, -0.2) is 4.79 Å². The van der Waals surface area contributed by atoms with Crippen molar-refractivity contribution in [3.8, 4) is 0 Å². The maximum atomic E-state index is 12.7. The zero-order chi connectivity index (χ0) is 16.7. The summed E-state index contributed by atoms with van der Waals surface area (Å²) < 4.78 is 0. The highest BCUT2D eigenvalue weighted by molar-refractivity contribution is 6.09. The summed E-state index contributed by atoms with van der Waals surface area (Å²) in [6, 6.07) is 0.732. The zero-order valence-corrected chi connectivity index (χ0v) is 14.0. The number of hydrogen-bond acceptors (Lipinski definition) is 4. The van der Waals surface area contributed by atoms with Crippen molar-refractivity contribution in [2.75, 3.05) is 6.54 Å². The number of nitrogens with one attached hydrogen (secondary N) is 3. The van der Waals surface area contributed by atoms with Crippen LogP contribution in [0.25, 0.3) is 0 Å². The molecule has 2 unspecified atom stereocenters. The number of fused-ring (bicyclic) bond motifs is 2. The first-order chi connectivity index (χ1) is 11.6. The van der Waals surface area contributed by atoms with E-state index in [1.165, 1.54) is 12.8 Å². The highest BCUT2D eigenvalue weighted by Gasteiger charge is 2.51. The summed E-state index contributed by atoms with van der Waals surface area (Å²) in [6.45, 7) is -0.161. The summed E-state index contributed by atoms with van der Waals surface area (Å²) in [4.78, 5) is 38.4. The van der Waals surface area contributed by atoms with Gasteiger partial charge in [-0.15, -0.1) is 0 Å². The Morgan fingerprint density at radius 3 is 2.46 bits per heavy atom. The van der Waals surface area contributed by atoms with Crippen LogP contribution in [0.1, 0.15) is 57.8 Å². The number of amides is 4. The zero-order valence-electron chi connectivity index (χ0n) is 14.0. The van der Waals surface area contributed by atoms with Gasteiger partial charge in [-0.1, -0.05) is 19.3 Å². The predicted molar refractivity (Wildman–Crippen MR) is 87.2 cm³/mol. The third-order valence-electron chi connectivity index (χ3n) is 6.09. The molecule has 1 aliphatic carbocycles. The fraction of sp³-hybridized carbons (Fsp3) is 0.824. The second-order valence-corrected chi connectivity index (χ2v) is 7.84. The van der Waals surface area contributed by atoms with Crippen molar-refractivity contribution in [3.63, 3.8) is 0 Å². The Hall–Kier alpha value is -1.63. The average molecular weight is 334 g/mol. The van der Waals surface area contributed by atoms with Gasteiger partial charge in [0.25, 0.3) is 5.91 Å². The largest absolute Gasteiger partial charge is 0.352 e. The Labute approximate surface area is 141 Å². The average Bonchev–Trinajstić information content (AvgIpc) is 3.00. The van der Waals surface area contributed by atoms with Crippen molar-refractivity contribution < 1.29 is 14.4 Å². The van der Waals surface area contributed by atoms with Gasteiger partial charge in [-0.2, -0.15) is 0 Å². The molecule has 4 amide bonds. The highest BCUT2D eigenvalue weighted by Crippen LogP contribution is 2.33. The van der Waals surface area contributed by atoms with E-state index in [0.29, 0.717) is 24.9 Å². The molecule has 1 spiro atoms. The summed E-state index contributed by atoms with van der Waals surface area (Å²) in [7, 11) is 0. The van der Waals surface area contributed by atoms with E-state index >= 15 is 0 Å². The van der Waals surface area contributed by atoms with Gasteiger partial charge in [0.1, 0.15) is 12.1 Å². The monoisotopic (exact) mass is 334 g/mol. The molecule has 4 aliphatic rings. The number of hydrogen-bond donors (Lipinski definition) is 3. The van der Waals surface area contributed by atoms with Gasteiger partial charge in [-0.3, -0.25) is 14.5 Å². The van der Waals surface area contributed by atoms with Crippen molar-refractivity contribution in [3.05, 3.63) is 0 Å². The fourth-order valence-corrected chi connectivity index (χ4v) is 4.91. The summed E-state index contributed by atoms with van der Waals surface area (Å²) in [5, 5.41) is 9.42. The molecule has 3 aliphatic heterocycles. The highest BCUT2D eigenvalue weighted by atomic mass is 16.2. The first-order valence-electron chi connectivity index (χ1n) is 9.25. The lowest BCUT2D eigenvalue weighted by Crippen LogP contribution is -2.51. The number of carbonyl (C=O) groups excluding carboxylic acids is 3. The molecule has 24 heavy (non-hydrogen) atoms. The molecular weight excluding hydrogens is 308 g/mol. The number of urea groups is 1. The van der Waals surface area contributed by atoms with Crippen molar-refractivity contribution in [1.29, 1.82) is 0 Å². The smallest absolute Gasteiger partial charge is 0.325 e. The minimum atomic E-state index is -0.747. The Kier molecular flexibility index (Phi) is 3.98. The number of piperidine rings is 1. The van der Waals surface area contributed by atoms with Crippen LogP contribution in [0.4, 0.5) is 4.79 Å². The predicted octanol–water partition coefficient (Wildman–Crippen LogP) is 0.640. The van der Waals surface area contributed by atoms with Gasteiger partial charge in [0.05, 0.1) is 0 Å². The Bertz CT molecular complexity index is 546. The first-order valence-corrected chi connectivity index (χ1v) is 9.25. The minimum Gasteiger partial charge on any atom is -0.352 e. The van der Waals surface area contributed by atoms with E-state index in [2.05, 4.69) is 16.0 Å². The summed E-state index contributed by atoms with van der Waals surface area (Å²) >= 11 is 0. The molecular formula is C17H26N4O3. The van der Waals surface area contributed by atoms with Crippen LogP contribution >= 0.6 is 0 Å². The molecule has 3 saturated heterocycles. The maximum absolute atomic E-state index is 12.7. The molecule has 1 saturated carbocycles.